The lowest BCUT2D eigenvalue weighted by molar-refractivity contribution is 0.262. The zero-order chi connectivity index (χ0) is 14.7. The van der Waals surface area contributed by atoms with E-state index in [2.05, 4.69) is 10.6 Å². The minimum atomic E-state index is -0.361. The number of hydrogen-bond acceptors (Lipinski definition) is 2. The molecule has 0 fully saturated rings. The molecule has 0 radical (unpaired) electrons. The number of aryl methyl sites for hydroxylation is 2. The predicted octanol–water partition coefficient (Wildman–Crippen LogP) is 4.18. The van der Waals surface area contributed by atoms with E-state index in [-0.39, 0.29) is 6.03 Å². The summed E-state index contributed by atoms with van der Waals surface area (Å²) in [6.07, 6.45) is 0. The van der Waals surface area contributed by atoms with Gasteiger partial charge in [0, 0.05) is 10.7 Å². The maximum atomic E-state index is 11.9. The van der Waals surface area contributed by atoms with Crippen molar-refractivity contribution in [3.8, 4) is 0 Å². The van der Waals surface area contributed by atoms with Crippen molar-refractivity contribution in [2.24, 2.45) is 0 Å². The van der Waals surface area contributed by atoms with E-state index in [1.165, 1.54) is 0 Å². The Bertz CT molecular complexity index is 656. The number of nitrogens with one attached hydrogen (secondary N) is 2. The number of urea groups is 1. The maximum Gasteiger partial charge on any atom is 0.323 e. The number of hydrogen-bond donors (Lipinski definition) is 3. The lowest BCUT2D eigenvalue weighted by Gasteiger charge is -2.11. The lowest BCUT2D eigenvalue weighted by atomic mass is 10.2. The van der Waals surface area contributed by atoms with Crippen LogP contribution in [-0.2, 0) is 0 Å². The third kappa shape index (κ3) is 3.42. The van der Waals surface area contributed by atoms with E-state index in [9.17, 15) is 4.79 Å². The molecule has 4 nitrogen and oxygen atoms in total. The van der Waals surface area contributed by atoms with Gasteiger partial charge in [0.25, 0.3) is 0 Å². The van der Waals surface area contributed by atoms with Crippen LogP contribution in [0.25, 0.3) is 0 Å². The molecular formula is C15H16ClN3O. The molecule has 0 spiro atoms. The van der Waals surface area contributed by atoms with Crippen molar-refractivity contribution in [2.45, 2.75) is 13.8 Å². The minimum Gasteiger partial charge on any atom is -0.397 e. The van der Waals surface area contributed by atoms with Gasteiger partial charge in [-0.15, -0.1) is 0 Å². The molecule has 104 valence electrons. The Morgan fingerprint density at radius 2 is 1.85 bits per heavy atom. The zero-order valence-corrected chi connectivity index (χ0v) is 12.1. The minimum absolute atomic E-state index is 0.361. The summed E-state index contributed by atoms with van der Waals surface area (Å²) in [4.78, 5) is 11.9. The van der Waals surface area contributed by atoms with Gasteiger partial charge in [-0.25, -0.2) is 4.79 Å². The van der Waals surface area contributed by atoms with Crippen LogP contribution in [0.15, 0.2) is 36.4 Å². The molecule has 0 atom stereocenters. The molecule has 0 saturated carbocycles. The number of carbonyl (C=O) groups excluding carboxylic acids is 1. The number of amides is 2. The summed E-state index contributed by atoms with van der Waals surface area (Å²) >= 11 is 6.01. The average molecular weight is 290 g/mol. The average Bonchev–Trinajstić information content (AvgIpc) is 2.37. The Hall–Kier alpha value is -2.20. The van der Waals surface area contributed by atoms with Gasteiger partial charge in [-0.05, 0) is 49.2 Å². The summed E-state index contributed by atoms with van der Waals surface area (Å²) < 4.78 is 0. The van der Waals surface area contributed by atoms with Crippen molar-refractivity contribution in [1.82, 2.24) is 0 Å². The molecule has 2 rings (SSSR count). The van der Waals surface area contributed by atoms with Gasteiger partial charge in [-0.2, -0.15) is 0 Å². The number of rotatable bonds is 2. The van der Waals surface area contributed by atoms with Crippen LogP contribution >= 0.6 is 11.6 Å². The lowest BCUT2D eigenvalue weighted by Crippen LogP contribution is -2.20. The molecule has 0 aromatic heterocycles. The summed E-state index contributed by atoms with van der Waals surface area (Å²) in [5.74, 6) is 0. The number of anilines is 3. The van der Waals surface area contributed by atoms with Crippen LogP contribution in [0.3, 0.4) is 0 Å². The molecule has 0 unspecified atom stereocenters. The van der Waals surface area contributed by atoms with Crippen molar-refractivity contribution in [3.63, 3.8) is 0 Å². The molecule has 4 N–H and O–H groups in total. The summed E-state index contributed by atoms with van der Waals surface area (Å²) in [6, 6.07) is 10.4. The van der Waals surface area contributed by atoms with Gasteiger partial charge in [0.1, 0.15) is 0 Å². The van der Waals surface area contributed by atoms with Gasteiger partial charge < -0.3 is 16.4 Å². The zero-order valence-electron chi connectivity index (χ0n) is 11.3. The smallest absolute Gasteiger partial charge is 0.323 e. The SMILES string of the molecule is Cc1ccc(NC(=O)Nc2ccc(C)c(Cl)c2)c(N)c1. The molecule has 2 amide bonds. The first-order valence-corrected chi connectivity index (χ1v) is 6.54. The van der Waals surface area contributed by atoms with Gasteiger partial charge in [-0.1, -0.05) is 23.7 Å². The van der Waals surface area contributed by atoms with Crippen molar-refractivity contribution in [2.75, 3.05) is 16.4 Å². The Morgan fingerprint density at radius 1 is 1.10 bits per heavy atom. The fourth-order valence-corrected chi connectivity index (χ4v) is 1.93. The summed E-state index contributed by atoms with van der Waals surface area (Å²) in [7, 11) is 0. The number of nitrogens with two attached hydrogens (primary N) is 1. The fraction of sp³-hybridized carbons (Fsp3) is 0.133. The molecule has 0 saturated heterocycles. The number of benzene rings is 2. The molecule has 0 bridgehead atoms. The van der Waals surface area contributed by atoms with Crippen molar-refractivity contribution in [3.05, 3.63) is 52.5 Å². The van der Waals surface area contributed by atoms with Gasteiger partial charge in [0.2, 0.25) is 0 Å². The third-order valence-electron chi connectivity index (χ3n) is 2.88. The first kappa shape index (κ1) is 14.2. The second-order valence-electron chi connectivity index (χ2n) is 4.63. The third-order valence-corrected chi connectivity index (χ3v) is 3.29. The second-order valence-corrected chi connectivity index (χ2v) is 5.04. The van der Waals surface area contributed by atoms with Crippen LogP contribution in [-0.4, -0.2) is 6.03 Å². The Labute approximate surface area is 122 Å². The van der Waals surface area contributed by atoms with Crippen molar-refractivity contribution >= 4 is 34.7 Å². The second kappa shape index (κ2) is 5.84. The first-order chi connectivity index (χ1) is 9.45. The Kier molecular flexibility index (Phi) is 4.15. The molecule has 0 heterocycles. The Morgan fingerprint density at radius 3 is 2.50 bits per heavy atom. The van der Waals surface area contributed by atoms with E-state index < -0.39 is 0 Å². The normalized spacial score (nSPS) is 10.2. The van der Waals surface area contributed by atoms with Crippen molar-refractivity contribution < 1.29 is 4.79 Å². The monoisotopic (exact) mass is 289 g/mol. The van der Waals surface area contributed by atoms with E-state index >= 15 is 0 Å². The van der Waals surface area contributed by atoms with Crippen LogP contribution in [0, 0.1) is 13.8 Å². The first-order valence-electron chi connectivity index (χ1n) is 6.16. The molecule has 2 aromatic rings. The van der Waals surface area contributed by atoms with E-state index in [1.807, 2.05) is 26.0 Å². The van der Waals surface area contributed by atoms with E-state index in [1.54, 1.807) is 24.3 Å². The summed E-state index contributed by atoms with van der Waals surface area (Å²) in [5.41, 5.74) is 9.58. The maximum absolute atomic E-state index is 11.9. The van der Waals surface area contributed by atoms with Crippen molar-refractivity contribution in [1.29, 1.82) is 0 Å². The van der Waals surface area contributed by atoms with Gasteiger partial charge in [0.15, 0.2) is 0 Å². The van der Waals surface area contributed by atoms with Crippen LogP contribution in [0.4, 0.5) is 21.9 Å². The van der Waals surface area contributed by atoms with Crippen LogP contribution < -0.4 is 16.4 Å². The fourth-order valence-electron chi connectivity index (χ4n) is 1.75. The predicted molar refractivity (Wildman–Crippen MR) is 84.4 cm³/mol. The largest absolute Gasteiger partial charge is 0.397 e. The van der Waals surface area contributed by atoms with Gasteiger partial charge >= 0.3 is 6.03 Å². The highest BCUT2D eigenvalue weighted by Crippen LogP contribution is 2.22. The number of halogens is 1. The summed E-state index contributed by atoms with van der Waals surface area (Å²) in [6.45, 7) is 3.84. The number of carbonyl (C=O) groups is 1. The standard InChI is InChI=1S/C15H16ClN3O/c1-9-3-6-14(13(17)7-9)19-15(20)18-11-5-4-10(2)12(16)8-11/h3-8H,17H2,1-2H3,(H2,18,19,20). The van der Waals surface area contributed by atoms with Crippen LogP contribution in [0.1, 0.15) is 11.1 Å². The van der Waals surface area contributed by atoms with Crippen LogP contribution in [0.5, 0.6) is 0 Å². The molecule has 2 aromatic carbocycles. The quantitative estimate of drug-likeness (QED) is 0.726. The van der Waals surface area contributed by atoms with E-state index in [0.717, 1.165) is 11.1 Å². The molecule has 0 aliphatic rings. The molecule has 5 heteroatoms. The summed E-state index contributed by atoms with van der Waals surface area (Å²) in [5, 5.41) is 6.02. The highest BCUT2D eigenvalue weighted by atomic mass is 35.5. The van der Waals surface area contributed by atoms with E-state index in [0.29, 0.717) is 22.1 Å². The van der Waals surface area contributed by atoms with E-state index in [4.69, 9.17) is 17.3 Å². The number of nitrogen functional groups attached to an aromatic ring is 1. The highest BCUT2D eigenvalue weighted by Gasteiger charge is 2.06. The molecule has 20 heavy (non-hydrogen) atoms. The van der Waals surface area contributed by atoms with Crippen LogP contribution in [0.2, 0.25) is 5.02 Å². The molecular weight excluding hydrogens is 274 g/mol. The highest BCUT2D eigenvalue weighted by molar-refractivity contribution is 6.31. The van der Waals surface area contributed by atoms with Gasteiger partial charge in [0.05, 0.1) is 11.4 Å². The van der Waals surface area contributed by atoms with Gasteiger partial charge in [-0.3, -0.25) is 0 Å². The molecule has 0 aliphatic heterocycles. The Balaban J connectivity index is 2.07. The molecule has 0 aliphatic carbocycles. The topological polar surface area (TPSA) is 67.2 Å².